The monoisotopic (exact) mass is 872 g/mol. The summed E-state index contributed by atoms with van der Waals surface area (Å²) in [5.74, 6) is -0.596. The molecule has 1 aromatic heterocycles. The molecule has 8 aliphatic rings. The molecule has 340 valence electrons. The number of hydrogen-bond acceptors (Lipinski definition) is 15. The van der Waals surface area contributed by atoms with E-state index < -0.39 is 89.6 Å². The van der Waals surface area contributed by atoms with Crippen LogP contribution < -0.4 is 19.5 Å². The van der Waals surface area contributed by atoms with Crippen molar-refractivity contribution in [3.63, 3.8) is 0 Å². The number of nitrogens with one attached hydrogen (secondary N) is 1. The van der Waals surface area contributed by atoms with Gasteiger partial charge in [-0.1, -0.05) is 29.4 Å². The third kappa shape index (κ3) is 6.37. The Hall–Kier alpha value is -4.58. The predicted octanol–water partition coefficient (Wildman–Crippen LogP) is 4.61. The van der Waals surface area contributed by atoms with Crippen molar-refractivity contribution in [1.29, 1.82) is 0 Å². The molecule has 16 nitrogen and oxygen atoms in total. The van der Waals surface area contributed by atoms with Gasteiger partial charge in [0.1, 0.15) is 53.6 Å². The van der Waals surface area contributed by atoms with Crippen LogP contribution in [0.3, 0.4) is 0 Å². The number of ketones is 1. The van der Waals surface area contributed by atoms with E-state index in [1.165, 1.54) is 19.0 Å². The Morgan fingerprint density at radius 2 is 1.76 bits per heavy atom. The number of nitrogens with zero attached hydrogens (tertiary/aromatic N) is 3. The SMILES string of the molecule is COC(=O)/C(C)=C\CC12OC(C)(C)C3CC(C1=O)C1C4C(Nc5ncnn51)c1c(O[C@H]5O[C@@H](CO)[C@H](O)[C@@H](O)[C@@H]5O)c5c(c(CC=C(C)C)c1OC432)OC(C)(CCC=C(C)C)C=C5. The topological polar surface area (TPSA) is 213 Å². The number of carbonyl (C=O) groups excluding carboxylic acids is 2. The van der Waals surface area contributed by atoms with Gasteiger partial charge < -0.3 is 54.2 Å². The molecule has 2 saturated heterocycles. The standard InChI is InChI=1S/C47H60N4O12/c1-22(2)11-10-16-45(8)17-15-26-37(61-45)25(13-12-23(3)4)39-30(38(26)60-42-36(55)35(54)34(53)28(20-52)59-42)32-31-33(51-43(50-32)48-21-49-51)27-19-29-44(6,7)63-46(40(27)56,47(29,31)62-39)18-14-24(5)41(57)58-9/h11-12,14-15,17,21,27-29,31-36,42,52-55H,10,13,16,18-20H2,1-9H3,(H,48,49,50)/b24-14-/t27?,28-,29?,31?,32?,33?,34-,35+,36-,42+,45?,46?,47?/m0/s1. The summed E-state index contributed by atoms with van der Waals surface area (Å²) < 4.78 is 41.9. The maximum Gasteiger partial charge on any atom is 0.333 e. The van der Waals surface area contributed by atoms with Crippen LogP contribution in [0, 0.1) is 17.8 Å². The molecule has 16 heteroatoms. The Balaban J connectivity index is 1.34. The highest BCUT2D eigenvalue weighted by Gasteiger charge is 2.86. The van der Waals surface area contributed by atoms with Crippen LogP contribution >= 0.6 is 0 Å². The van der Waals surface area contributed by atoms with E-state index in [2.05, 4.69) is 41.4 Å². The Kier molecular flexibility index (Phi) is 10.6. The van der Waals surface area contributed by atoms with Crippen LogP contribution in [0.25, 0.3) is 6.08 Å². The average Bonchev–Trinajstić information content (AvgIpc) is 3.77. The number of allylic oxidation sites excluding steroid dienone is 4. The second-order valence-electron chi connectivity index (χ2n) is 19.6. The molecule has 5 N–H and O–H groups in total. The number of ether oxygens (including phenoxy) is 6. The summed E-state index contributed by atoms with van der Waals surface area (Å²) in [5.41, 5.74) is -0.245. The van der Waals surface area contributed by atoms with Gasteiger partial charge in [0.2, 0.25) is 12.2 Å². The number of esters is 1. The minimum Gasteiger partial charge on any atom is -0.482 e. The summed E-state index contributed by atoms with van der Waals surface area (Å²) in [6, 6.07) is -1.23. The van der Waals surface area contributed by atoms with Gasteiger partial charge in [-0.25, -0.2) is 9.48 Å². The fraction of sp³-hybridized carbons (Fsp3) is 0.617. The smallest absolute Gasteiger partial charge is 0.333 e. The van der Waals surface area contributed by atoms with Gasteiger partial charge >= 0.3 is 5.97 Å². The number of Topliss-reactive ketones (excluding diaryl/α,β-unsaturated/α-hetero) is 1. The number of methoxy groups -OCH3 is 1. The summed E-state index contributed by atoms with van der Waals surface area (Å²) in [4.78, 5) is 33.0. The first-order chi connectivity index (χ1) is 29.8. The van der Waals surface area contributed by atoms with Crippen molar-refractivity contribution in [3.05, 3.63) is 64.0 Å². The van der Waals surface area contributed by atoms with Crippen LogP contribution in [0.1, 0.15) is 110 Å². The van der Waals surface area contributed by atoms with Crippen molar-refractivity contribution in [1.82, 2.24) is 14.8 Å². The minimum absolute atomic E-state index is 0.0306. The highest BCUT2D eigenvalue weighted by atomic mass is 16.7. The molecule has 0 radical (unpaired) electrons. The van der Waals surface area contributed by atoms with Crippen LogP contribution in [0.2, 0.25) is 0 Å². The van der Waals surface area contributed by atoms with E-state index in [-0.39, 0.29) is 23.9 Å². The first kappa shape index (κ1) is 43.7. The van der Waals surface area contributed by atoms with Gasteiger partial charge in [0, 0.05) is 29.4 Å². The van der Waals surface area contributed by atoms with E-state index in [0.29, 0.717) is 59.0 Å². The Morgan fingerprint density at radius 1 is 1.02 bits per heavy atom. The molecule has 3 aliphatic carbocycles. The number of rotatable bonds is 11. The Morgan fingerprint density at radius 3 is 2.46 bits per heavy atom. The van der Waals surface area contributed by atoms with Crippen molar-refractivity contribution in [3.8, 4) is 17.2 Å². The van der Waals surface area contributed by atoms with Crippen LogP contribution in [-0.2, 0) is 30.2 Å². The van der Waals surface area contributed by atoms with Crippen molar-refractivity contribution in [2.75, 3.05) is 19.0 Å². The van der Waals surface area contributed by atoms with E-state index in [9.17, 15) is 25.2 Å². The molecule has 10 rings (SSSR count). The lowest BCUT2D eigenvalue weighted by molar-refractivity contribution is -0.278. The van der Waals surface area contributed by atoms with E-state index in [1.54, 1.807) is 17.7 Å². The fourth-order valence-electron chi connectivity index (χ4n) is 11.8. The molecule has 2 aromatic rings. The summed E-state index contributed by atoms with van der Waals surface area (Å²) in [6.45, 7) is 15.1. The second kappa shape index (κ2) is 15.3. The van der Waals surface area contributed by atoms with Crippen LogP contribution in [0.4, 0.5) is 5.95 Å². The molecule has 5 fully saturated rings. The summed E-state index contributed by atoms with van der Waals surface area (Å²) in [5, 5.41) is 51.8. The average molecular weight is 873 g/mol. The number of anilines is 1. The first-order valence-corrected chi connectivity index (χ1v) is 22.0. The van der Waals surface area contributed by atoms with Gasteiger partial charge in [0.25, 0.3) is 0 Å². The van der Waals surface area contributed by atoms with Gasteiger partial charge in [-0.2, -0.15) is 10.1 Å². The van der Waals surface area contributed by atoms with Gasteiger partial charge in [-0.3, -0.25) is 4.79 Å². The number of aromatic nitrogens is 3. The first-order valence-electron chi connectivity index (χ1n) is 22.0. The molecule has 3 saturated carbocycles. The molecule has 6 heterocycles. The van der Waals surface area contributed by atoms with Crippen molar-refractivity contribution in [2.24, 2.45) is 17.8 Å². The lowest BCUT2D eigenvalue weighted by atomic mass is 9.44. The molecule has 63 heavy (non-hydrogen) atoms. The number of aliphatic hydroxyl groups is 4. The lowest BCUT2D eigenvalue weighted by Gasteiger charge is -2.66. The second-order valence-corrected chi connectivity index (χ2v) is 19.6. The molecule has 1 aromatic carbocycles. The number of fused-ring (bicyclic) bond motifs is 4. The maximum absolute atomic E-state index is 15.5. The van der Waals surface area contributed by atoms with Crippen molar-refractivity contribution >= 4 is 23.8 Å². The summed E-state index contributed by atoms with van der Waals surface area (Å²) in [6.07, 6.45) is 5.75. The normalized spacial score (nSPS) is 37.3. The van der Waals surface area contributed by atoms with Crippen molar-refractivity contribution < 1.29 is 58.4 Å². The molecule has 1 spiro atoms. The molecule has 8 unspecified atom stereocenters. The predicted molar refractivity (Wildman–Crippen MR) is 228 cm³/mol. The van der Waals surface area contributed by atoms with E-state index >= 15 is 4.79 Å². The zero-order chi connectivity index (χ0) is 45.1. The van der Waals surface area contributed by atoms with E-state index in [0.717, 1.165) is 12.0 Å². The highest BCUT2D eigenvalue weighted by molar-refractivity contribution is 5.96. The quantitative estimate of drug-likeness (QED) is 0.119. The van der Waals surface area contributed by atoms with Crippen LogP contribution in [0.5, 0.6) is 17.2 Å². The molecule has 13 atom stereocenters. The minimum atomic E-state index is -1.73. The zero-order valence-corrected chi connectivity index (χ0v) is 37.4. The summed E-state index contributed by atoms with van der Waals surface area (Å²) in [7, 11) is 1.32. The molecule has 0 amide bonds. The van der Waals surface area contributed by atoms with Crippen LogP contribution in [-0.4, -0.2) is 114 Å². The third-order valence-corrected chi connectivity index (χ3v) is 14.7. The van der Waals surface area contributed by atoms with Crippen LogP contribution in [0.15, 0.2) is 47.4 Å². The van der Waals surface area contributed by atoms with Crippen molar-refractivity contribution in [2.45, 2.75) is 153 Å². The van der Waals surface area contributed by atoms with Gasteiger partial charge in [0.15, 0.2) is 17.0 Å². The molecular weight excluding hydrogens is 813 g/mol. The zero-order valence-electron chi connectivity index (χ0n) is 37.4. The van der Waals surface area contributed by atoms with E-state index in [1.807, 2.05) is 46.8 Å². The van der Waals surface area contributed by atoms with Gasteiger partial charge in [-0.15, -0.1) is 0 Å². The lowest BCUT2D eigenvalue weighted by Crippen LogP contribution is -2.79. The third-order valence-electron chi connectivity index (χ3n) is 14.7. The van der Waals surface area contributed by atoms with E-state index in [4.69, 9.17) is 28.4 Å². The fourth-order valence-corrected chi connectivity index (χ4v) is 11.8. The number of carbonyl (C=O) groups is 2. The number of aliphatic hydroxyl groups excluding tert-OH is 4. The number of hydrogen-bond donors (Lipinski definition) is 5. The van der Waals surface area contributed by atoms with Gasteiger partial charge in [-0.05, 0) is 93.2 Å². The highest BCUT2D eigenvalue weighted by Crippen LogP contribution is 2.75. The molecular formula is C47H60N4O12. The van der Waals surface area contributed by atoms with Gasteiger partial charge in [0.05, 0.1) is 48.4 Å². The molecule has 5 aliphatic heterocycles. The maximum atomic E-state index is 15.5. The Bertz CT molecular complexity index is 2340. The summed E-state index contributed by atoms with van der Waals surface area (Å²) >= 11 is 0. The Labute approximate surface area is 366 Å². The largest absolute Gasteiger partial charge is 0.482 e. The number of benzene rings is 1. The molecule has 4 bridgehead atoms.